The van der Waals surface area contributed by atoms with Gasteiger partial charge in [0.1, 0.15) is 5.82 Å². The SMILES string of the molecule is O=[N+]([O-])c1cc(S)c(F)cc1Br. The average Bonchev–Trinajstić information content (AvgIpc) is 1.96. The minimum Gasteiger partial charge on any atom is -0.258 e. The van der Waals surface area contributed by atoms with Gasteiger partial charge in [-0.3, -0.25) is 10.1 Å². The zero-order valence-corrected chi connectivity index (χ0v) is 8.10. The summed E-state index contributed by atoms with van der Waals surface area (Å²) in [6, 6.07) is 2.07. The predicted molar refractivity (Wildman–Crippen MR) is 48.0 cm³/mol. The lowest BCUT2D eigenvalue weighted by atomic mass is 10.3. The molecule has 1 aromatic carbocycles. The van der Waals surface area contributed by atoms with Crippen molar-refractivity contribution in [2.75, 3.05) is 0 Å². The first kappa shape index (κ1) is 9.47. The molecule has 3 nitrogen and oxygen atoms in total. The van der Waals surface area contributed by atoms with E-state index in [1.54, 1.807) is 0 Å². The molecule has 0 fully saturated rings. The standard InChI is InChI=1S/C6H3BrFNO2S/c7-3-1-4(8)6(12)2-5(3)9(10)11/h1-2,12H. The van der Waals surface area contributed by atoms with Crippen molar-refractivity contribution >= 4 is 34.2 Å². The molecule has 0 aromatic heterocycles. The lowest BCUT2D eigenvalue weighted by Gasteiger charge is -1.97. The summed E-state index contributed by atoms with van der Waals surface area (Å²) in [6.07, 6.45) is 0. The van der Waals surface area contributed by atoms with Crippen molar-refractivity contribution in [3.63, 3.8) is 0 Å². The fourth-order valence-corrected chi connectivity index (χ4v) is 1.31. The van der Waals surface area contributed by atoms with E-state index in [0.29, 0.717) is 0 Å². The summed E-state index contributed by atoms with van der Waals surface area (Å²) in [4.78, 5) is 9.66. The van der Waals surface area contributed by atoms with Crippen LogP contribution in [0.4, 0.5) is 10.1 Å². The number of hydrogen-bond donors (Lipinski definition) is 1. The molecule has 0 aliphatic carbocycles. The van der Waals surface area contributed by atoms with E-state index < -0.39 is 10.7 Å². The molecule has 0 saturated heterocycles. The minimum absolute atomic E-state index is 0.0371. The van der Waals surface area contributed by atoms with Gasteiger partial charge in [0, 0.05) is 11.0 Å². The van der Waals surface area contributed by atoms with E-state index in [4.69, 9.17) is 0 Å². The van der Waals surface area contributed by atoms with Crippen LogP contribution in [0, 0.1) is 15.9 Å². The van der Waals surface area contributed by atoms with E-state index in [1.165, 1.54) is 0 Å². The number of benzene rings is 1. The molecule has 1 aromatic rings. The van der Waals surface area contributed by atoms with Crippen molar-refractivity contribution in [1.82, 2.24) is 0 Å². The lowest BCUT2D eigenvalue weighted by Crippen LogP contribution is -1.90. The number of nitrogens with zero attached hydrogens (tertiary/aromatic N) is 1. The molecule has 0 saturated carbocycles. The van der Waals surface area contributed by atoms with Gasteiger partial charge < -0.3 is 0 Å². The Balaban J connectivity index is 3.33. The Morgan fingerprint density at radius 3 is 2.67 bits per heavy atom. The maximum Gasteiger partial charge on any atom is 0.284 e. The van der Waals surface area contributed by atoms with Crippen molar-refractivity contribution < 1.29 is 9.31 Å². The summed E-state index contributed by atoms with van der Waals surface area (Å²) < 4.78 is 12.8. The van der Waals surface area contributed by atoms with Gasteiger partial charge in [0.15, 0.2) is 0 Å². The molecule has 12 heavy (non-hydrogen) atoms. The number of nitro groups is 1. The molecule has 0 aliphatic heterocycles. The zero-order valence-electron chi connectivity index (χ0n) is 5.62. The molecular formula is C6H3BrFNO2S. The van der Waals surface area contributed by atoms with Crippen LogP contribution in [0.3, 0.4) is 0 Å². The Morgan fingerprint density at radius 2 is 2.17 bits per heavy atom. The van der Waals surface area contributed by atoms with Crippen LogP contribution in [0.5, 0.6) is 0 Å². The van der Waals surface area contributed by atoms with Gasteiger partial charge in [-0.2, -0.15) is 0 Å². The fourth-order valence-electron chi connectivity index (χ4n) is 0.666. The van der Waals surface area contributed by atoms with Crippen molar-refractivity contribution in [3.05, 3.63) is 32.5 Å². The van der Waals surface area contributed by atoms with E-state index in [2.05, 4.69) is 28.6 Å². The molecule has 0 aliphatic rings. The number of nitro benzene ring substituents is 1. The summed E-state index contributed by atoms with van der Waals surface area (Å²) in [5.74, 6) is -0.587. The van der Waals surface area contributed by atoms with Gasteiger partial charge >= 0.3 is 0 Å². The zero-order chi connectivity index (χ0) is 9.30. The highest BCUT2D eigenvalue weighted by Crippen LogP contribution is 2.29. The molecule has 0 bridgehead atoms. The highest BCUT2D eigenvalue weighted by molar-refractivity contribution is 9.10. The first-order valence-corrected chi connectivity index (χ1v) is 4.09. The molecular weight excluding hydrogens is 249 g/mol. The molecule has 0 atom stereocenters. The predicted octanol–water partition coefficient (Wildman–Crippen LogP) is 2.79. The monoisotopic (exact) mass is 251 g/mol. The number of rotatable bonds is 1. The normalized spacial score (nSPS) is 9.92. The van der Waals surface area contributed by atoms with Crippen LogP contribution in [0.2, 0.25) is 0 Å². The van der Waals surface area contributed by atoms with Gasteiger partial charge in [0.25, 0.3) is 5.69 Å². The number of hydrogen-bond acceptors (Lipinski definition) is 3. The van der Waals surface area contributed by atoms with E-state index in [0.717, 1.165) is 12.1 Å². The third kappa shape index (κ3) is 1.75. The van der Waals surface area contributed by atoms with E-state index in [9.17, 15) is 14.5 Å². The van der Waals surface area contributed by atoms with Gasteiger partial charge in [-0.25, -0.2) is 4.39 Å². The van der Waals surface area contributed by atoms with Crippen molar-refractivity contribution in [1.29, 1.82) is 0 Å². The van der Waals surface area contributed by atoms with Gasteiger partial charge in [-0.15, -0.1) is 12.6 Å². The van der Waals surface area contributed by atoms with Crippen LogP contribution < -0.4 is 0 Å². The third-order valence-corrected chi connectivity index (χ3v) is 2.19. The van der Waals surface area contributed by atoms with Crippen LogP contribution in [0.15, 0.2) is 21.5 Å². The summed E-state index contributed by atoms with van der Waals surface area (Å²) in [6.45, 7) is 0. The maximum absolute atomic E-state index is 12.7. The summed E-state index contributed by atoms with van der Waals surface area (Å²) in [5.41, 5.74) is -0.193. The summed E-state index contributed by atoms with van der Waals surface area (Å²) in [7, 11) is 0. The molecule has 1 rings (SSSR count). The first-order valence-electron chi connectivity index (χ1n) is 2.85. The quantitative estimate of drug-likeness (QED) is 0.474. The van der Waals surface area contributed by atoms with Gasteiger partial charge in [-0.1, -0.05) is 0 Å². The number of halogens is 2. The van der Waals surface area contributed by atoms with E-state index in [1.807, 2.05) is 0 Å². The molecule has 0 spiro atoms. The second kappa shape index (κ2) is 3.40. The first-order chi connectivity index (χ1) is 5.52. The van der Waals surface area contributed by atoms with Gasteiger partial charge in [-0.05, 0) is 22.0 Å². The second-order valence-corrected chi connectivity index (χ2v) is 3.35. The Labute approximate surface area is 81.3 Å². The molecule has 0 amide bonds. The van der Waals surface area contributed by atoms with Crippen molar-refractivity contribution in [2.24, 2.45) is 0 Å². The smallest absolute Gasteiger partial charge is 0.258 e. The topological polar surface area (TPSA) is 43.1 Å². The van der Waals surface area contributed by atoms with Crippen LogP contribution in [-0.4, -0.2) is 4.92 Å². The lowest BCUT2D eigenvalue weighted by molar-refractivity contribution is -0.385. The molecule has 0 radical (unpaired) electrons. The molecule has 0 heterocycles. The molecule has 64 valence electrons. The largest absolute Gasteiger partial charge is 0.284 e. The Kier molecular flexibility index (Phi) is 2.69. The average molecular weight is 252 g/mol. The second-order valence-electron chi connectivity index (χ2n) is 2.01. The van der Waals surface area contributed by atoms with Crippen molar-refractivity contribution in [2.45, 2.75) is 4.90 Å². The Hall–Kier alpha value is -0.620. The Morgan fingerprint density at radius 1 is 1.58 bits per heavy atom. The van der Waals surface area contributed by atoms with Crippen LogP contribution in [0.25, 0.3) is 0 Å². The summed E-state index contributed by atoms with van der Waals surface area (Å²) >= 11 is 6.58. The van der Waals surface area contributed by atoms with Crippen LogP contribution >= 0.6 is 28.6 Å². The summed E-state index contributed by atoms with van der Waals surface area (Å²) in [5, 5.41) is 10.3. The van der Waals surface area contributed by atoms with Gasteiger partial charge in [0.2, 0.25) is 0 Å². The Bertz CT molecular complexity index is 345. The third-order valence-electron chi connectivity index (χ3n) is 1.21. The van der Waals surface area contributed by atoms with Crippen molar-refractivity contribution in [3.8, 4) is 0 Å². The molecule has 0 N–H and O–H groups in total. The maximum atomic E-state index is 12.7. The van der Waals surface area contributed by atoms with Crippen LogP contribution in [-0.2, 0) is 0 Å². The minimum atomic E-state index is -0.608. The highest BCUT2D eigenvalue weighted by atomic mass is 79.9. The van der Waals surface area contributed by atoms with Gasteiger partial charge in [0.05, 0.1) is 9.40 Å². The molecule has 6 heteroatoms. The van der Waals surface area contributed by atoms with Crippen LogP contribution in [0.1, 0.15) is 0 Å². The molecule has 0 unspecified atom stereocenters. The fraction of sp³-hybridized carbons (Fsp3) is 0. The van der Waals surface area contributed by atoms with E-state index >= 15 is 0 Å². The number of thiol groups is 1. The van der Waals surface area contributed by atoms with E-state index in [-0.39, 0.29) is 15.1 Å². The highest BCUT2D eigenvalue weighted by Gasteiger charge is 2.14.